The van der Waals surface area contributed by atoms with Crippen molar-refractivity contribution in [2.45, 2.75) is 88.5 Å². The van der Waals surface area contributed by atoms with Crippen molar-refractivity contribution in [3.05, 3.63) is 12.2 Å². The second-order valence-corrected chi connectivity index (χ2v) is 9.58. The highest BCUT2D eigenvalue weighted by Crippen LogP contribution is 2.33. The average molecular weight is 498 g/mol. The molecule has 0 radical (unpaired) electrons. The Kier molecular flexibility index (Phi) is 6.79. The Morgan fingerprint density at radius 2 is 1.97 bits per heavy atom. The van der Waals surface area contributed by atoms with E-state index in [-0.39, 0.29) is 47.3 Å². The van der Waals surface area contributed by atoms with Crippen LogP contribution >= 0.6 is 0 Å². The van der Waals surface area contributed by atoms with E-state index < -0.39 is 30.4 Å². The lowest BCUT2D eigenvalue weighted by Gasteiger charge is -2.26. The lowest BCUT2D eigenvalue weighted by atomic mass is 10.1. The van der Waals surface area contributed by atoms with Gasteiger partial charge in [0.15, 0.2) is 23.8 Å². The van der Waals surface area contributed by atoms with Gasteiger partial charge in [-0.1, -0.05) is 25.7 Å². The molecule has 2 aromatic heterocycles. The predicted octanol–water partition coefficient (Wildman–Crippen LogP) is -0.161. The van der Waals surface area contributed by atoms with Gasteiger partial charge < -0.3 is 30.9 Å². The van der Waals surface area contributed by atoms with E-state index in [0.29, 0.717) is 6.42 Å². The Morgan fingerprint density at radius 1 is 1.22 bits per heavy atom. The number of aromatic nitrogens is 4. The Bertz CT molecular complexity index is 1210. The van der Waals surface area contributed by atoms with Crippen LogP contribution in [-0.2, 0) is 14.3 Å². The summed E-state index contributed by atoms with van der Waals surface area (Å²) in [6, 6.07) is 0.295. The minimum atomic E-state index is -1.41. The number of rotatable bonds is 6. The van der Waals surface area contributed by atoms with Crippen LogP contribution in [0, 0.1) is 11.8 Å². The van der Waals surface area contributed by atoms with Gasteiger partial charge in [0.1, 0.15) is 17.7 Å². The fourth-order valence-electron chi connectivity index (χ4n) is 4.84. The number of nitrogens with two attached hydrogens (primary N) is 1. The summed E-state index contributed by atoms with van der Waals surface area (Å²) in [6.45, 7) is 2.11. The minimum Gasteiger partial charge on any atom is -0.387 e. The summed E-state index contributed by atoms with van der Waals surface area (Å²) in [5.74, 6) is 5.71. The van der Waals surface area contributed by atoms with Gasteiger partial charge in [0, 0.05) is 18.5 Å². The van der Waals surface area contributed by atoms with Gasteiger partial charge in [-0.15, -0.1) is 0 Å². The van der Waals surface area contributed by atoms with E-state index in [0.717, 1.165) is 38.5 Å². The first-order valence-corrected chi connectivity index (χ1v) is 12.5. The first-order chi connectivity index (χ1) is 17.4. The quantitative estimate of drug-likeness (QED) is 0.396. The first kappa shape index (κ1) is 24.4. The molecule has 3 heterocycles. The van der Waals surface area contributed by atoms with Crippen molar-refractivity contribution in [1.82, 2.24) is 29.7 Å². The molecule has 36 heavy (non-hydrogen) atoms. The van der Waals surface area contributed by atoms with Crippen molar-refractivity contribution in [2.75, 3.05) is 12.3 Å². The summed E-state index contributed by atoms with van der Waals surface area (Å²) in [7, 11) is 0. The van der Waals surface area contributed by atoms with Crippen LogP contribution in [0.25, 0.3) is 11.2 Å². The van der Waals surface area contributed by atoms with E-state index in [2.05, 4.69) is 32.1 Å². The van der Waals surface area contributed by atoms with Gasteiger partial charge in [-0.3, -0.25) is 14.2 Å². The standard InChI is InChI=1S/C24H31N7O5/c1-2-16(32)30(14-6-3-4-7-14)11-5-8-15-28-21(25)17-22(29-15)31(12-26-17)24-19(34)18(33)20(36-24)23(35)27-13-9-10-13/h12-14,18-20,24,33-34H,2-4,6-7,9-11H2,1H3,(H,27,35)(H2,25,28,29)/t18?,19-,20-,24+/m0/s1. The van der Waals surface area contributed by atoms with Crippen LogP contribution in [0.5, 0.6) is 0 Å². The highest BCUT2D eigenvalue weighted by atomic mass is 16.6. The fraction of sp³-hybridized carbons (Fsp3) is 0.625. The molecule has 192 valence electrons. The number of imidazole rings is 1. The molecule has 3 fully saturated rings. The number of anilines is 1. The summed E-state index contributed by atoms with van der Waals surface area (Å²) < 4.78 is 7.17. The van der Waals surface area contributed by atoms with Crippen LogP contribution in [0.1, 0.15) is 63.9 Å². The number of carbonyl (C=O) groups excluding carboxylic acids is 2. The maximum absolute atomic E-state index is 12.5. The van der Waals surface area contributed by atoms with Crippen molar-refractivity contribution in [2.24, 2.45) is 0 Å². The number of hydrogen-bond acceptors (Lipinski definition) is 9. The molecule has 2 amide bonds. The number of hydrogen-bond donors (Lipinski definition) is 4. The largest absolute Gasteiger partial charge is 0.387 e. The maximum atomic E-state index is 12.5. The SMILES string of the molecule is CCC(=O)N(CC#Cc1nc(N)c2ncn([C@@H]3O[C@H](C(=O)NC4CC4)C(O)[C@@H]3O)c2n1)C1CCCC1. The Balaban J connectivity index is 1.37. The molecule has 5 rings (SSSR count). The summed E-state index contributed by atoms with van der Waals surface area (Å²) in [4.78, 5) is 39.6. The smallest absolute Gasteiger partial charge is 0.252 e. The lowest BCUT2D eigenvalue weighted by molar-refractivity contribution is -0.137. The topological polar surface area (TPSA) is 169 Å². The first-order valence-electron chi connectivity index (χ1n) is 12.5. The van der Waals surface area contributed by atoms with Gasteiger partial charge in [0.25, 0.3) is 5.91 Å². The van der Waals surface area contributed by atoms with Crippen LogP contribution in [0.15, 0.2) is 6.33 Å². The average Bonchev–Trinajstić information content (AvgIpc) is 3.22. The molecule has 12 heteroatoms. The molecule has 1 aliphatic heterocycles. The normalized spacial score (nSPS) is 26.1. The van der Waals surface area contributed by atoms with Crippen LogP contribution < -0.4 is 11.1 Å². The van der Waals surface area contributed by atoms with Crippen molar-refractivity contribution in [3.63, 3.8) is 0 Å². The molecule has 1 unspecified atom stereocenters. The maximum Gasteiger partial charge on any atom is 0.252 e. The van der Waals surface area contributed by atoms with Gasteiger partial charge in [0.05, 0.1) is 12.9 Å². The zero-order chi connectivity index (χ0) is 25.4. The third kappa shape index (κ3) is 4.74. The molecule has 4 atom stereocenters. The van der Waals surface area contributed by atoms with Gasteiger partial charge in [0.2, 0.25) is 11.7 Å². The van der Waals surface area contributed by atoms with Crippen LogP contribution in [-0.4, -0.2) is 83.4 Å². The molecule has 5 N–H and O–H groups in total. The Morgan fingerprint density at radius 3 is 2.67 bits per heavy atom. The third-order valence-electron chi connectivity index (χ3n) is 6.98. The molecular formula is C24H31N7O5. The zero-order valence-corrected chi connectivity index (χ0v) is 20.1. The summed E-state index contributed by atoms with van der Waals surface area (Å²) in [5.41, 5.74) is 6.63. The number of nitrogens with zero attached hydrogens (tertiary/aromatic N) is 5. The van der Waals surface area contributed by atoms with E-state index in [1.807, 2.05) is 11.8 Å². The monoisotopic (exact) mass is 497 g/mol. The Hall–Kier alpha value is -3.27. The molecule has 1 saturated heterocycles. The van der Waals surface area contributed by atoms with E-state index >= 15 is 0 Å². The van der Waals surface area contributed by atoms with E-state index in [9.17, 15) is 19.8 Å². The molecule has 2 saturated carbocycles. The fourth-order valence-corrected chi connectivity index (χ4v) is 4.84. The number of fused-ring (bicyclic) bond motifs is 1. The molecule has 3 aliphatic rings. The van der Waals surface area contributed by atoms with E-state index in [4.69, 9.17) is 10.5 Å². The van der Waals surface area contributed by atoms with Gasteiger partial charge in [-0.2, -0.15) is 0 Å². The summed E-state index contributed by atoms with van der Waals surface area (Å²) >= 11 is 0. The summed E-state index contributed by atoms with van der Waals surface area (Å²) in [6.07, 6.45) is 2.62. The number of aliphatic hydroxyl groups is 2. The predicted molar refractivity (Wildman–Crippen MR) is 128 cm³/mol. The van der Waals surface area contributed by atoms with Crippen molar-refractivity contribution < 1.29 is 24.5 Å². The number of ether oxygens (including phenoxy) is 1. The molecule has 0 bridgehead atoms. The van der Waals surface area contributed by atoms with E-state index in [1.165, 1.54) is 10.9 Å². The summed E-state index contributed by atoms with van der Waals surface area (Å²) in [5, 5.41) is 23.9. The number of aliphatic hydroxyl groups excluding tert-OH is 2. The second-order valence-electron chi connectivity index (χ2n) is 9.58. The lowest BCUT2D eigenvalue weighted by Crippen LogP contribution is -2.43. The van der Waals surface area contributed by atoms with Crippen LogP contribution in [0.2, 0.25) is 0 Å². The van der Waals surface area contributed by atoms with Gasteiger partial charge >= 0.3 is 0 Å². The van der Waals surface area contributed by atoms with Gasteiger partial charge in [-0.05, 0) is 31.6 Å². The Labute approximate surface area is 208 Å². The van der Waals surface area contributed by atoms with Gasteiger partial charge in [-0.25, -0.2) is 15.0 Å². The molecule has 2 aliphatic carbocycles. The van der Waals surface area contributed by atoms with Crippen molar-refractivity contribution in [3.8, 4) is 11.8 Å². The number of nitrogen functional groups attached to an aromatic ring is 1. The van der Waals surface area contributed by atoms with E-state index in [1.54, 1.807) is 0 Å². The number of nitrogens with one attached hydrogen (secondary N) is 1. The molecule has 12 nitrogen and oxygen atoms in total. The molecule has 2 aromatic rings. The van der Waals surface area contributed by atoms with Crippen LogP contribution in [0.3, 0.4) is 0 Å². The molecule has 0 spiro atoms. The zero-order valence-electron chi connectivity index (χ0n) is 20.1. The minimum absolute atomic E-state index is 0.0661. The van der Waals surface area contributed by atoms with Crippen molar-refractivity contribution >= 4 is 28.8 Å². The number of carbonyl (C=O) groups is 2. The molecule has 0 aromatic carbocycles. The van der Waals surface area contributed by atoms with Crippen LogP contribution in [0.4, 0.5) is 5.82 Å². The van der Waals surface area contributed by atoms with Crippen molar-refractivity contribution in [1.29, 1.82) is 0 Å². The molecular weight excluding hydrogens is 466 g/mol. The third-order valence-corrected chi connectivity index (χ3v) is 6.98. The highest BCUT2D eigenvalue weighted by Gasteiger charge is 2.48. The second kappa shape index (κ2) is 10.0. The highest BCUT2D eigenvalue weighted by molar-refractivity contribution is 5.83. The number of amides is 2.